The number of likely N-dealkylation sites (tertiary alicyclic amines) is 1. The number of nitrogens with zero attached hydrogens (tertiary/aromatic N) is 3. The molecule has 1 aliphatic rings. The van der Waals surface area contributed by atoms with Crippen molar-refractivity contribution < 1.29 is 4.79 Å². The number of hydrogen-bond donors (Lipinski definition) is 2. The van der Waals surface area contributed by atoms with Crippen LogP contribution in [0.4, 0.5) is 0 Å². The smallest absolute Gasteiger partial charge is 0.274 e. The SMILES string of the molecule is Cc1nc([C@H]2CCCN(C(=O)c3cc(-c4ccc(C)s4)[nH]n3)C2)cc(=O)[nH]1. The average Bonchev–Trinajstić information content (AvgIpc) is 3.29. The summed E-state index contributed by atoms with van der Waals surface area (Å²) in [6, 6.07) is 7.43. The predicted molar refractivity (Wildman–Crippen MR) is 104 cm³/mol. The number of aromatic nitrogens is 4. The molecular formula is C19H21N5O2S. The summed E-state index contributed by atoms with van der Waals surface area (Å²) in [4.78, 5) is 35.9. The molecule has 3 aromatic rings. The number of aromatic amines is 2. The Morgan fingerprint density at radius 1 is 1.30 bits per heavy atom. The highest BCUT2D eigenvalue weighted by atomic mass is 32.1. The summed E-state index contributed by atoms with van der Waals surface area (Å²) in [5, 5.41) is 7.19. The van der Waals surface area contributed by atoms with Crippen molar-refractivity contribution in [1.82, 2.24) is 25.1 Å². The van der Waals surface area contributed by atoms with Crippen molar-refractivity contribution in [3.05, 3.63) is 56.7 Å². The molecule has 0 spiro atoms. The lowest BCUT2D eigenvalue weighted by atomic mass is 9.94. The van der Waals surface area contributed by atoms with Gasteiger partial charge in [-0.15, -0.1) is 11.3 Å². The van der Waals surface area contributed by atoms with Crippen LogP contribution in [0.25, 0.3) is 10.6 Å². The summed E-state index contributed by atoms with van der Waals surface area (Å²) >= 11 is 1.66. The molecule has 0 aliphatic carbocycles. The first kappa shape index (κ1) is 17.7. The number of amides is 1. The van der Waals surface area contributed by atoms with E-state index in [9.17, 15) is 9.59 Å². The molecule has 1 fully saturated rings. The first-order valence-electron chi connectivity index (χ1n) is 8.99. The lowest BCUT2D eigenvalue weighted by Gasteiger charge is -2.32. The highest BCUT2D eigenvalue weighted by molar-refractivity contribution is 7.15. The first-order valence-corrected chi connectivity index (χ1v) is 9.80. The molecule has 4 rings (SSSR count). The van der Waals surface area contributed by atoms with Crippen molar-refractivity contribution in [3.8, 4) is 10.6 Å². The number of thiophene rings is 1. The minimum absolute atomic E-state index is 0.0713. The maximum absolute atomic E-state index is 12.9. The largest absolute Gasteiger partial charge is 0.337 e. The molecule has 4 heterocycles. The summed E-state index contributed by atoms with van der Waals surface area (Å²) in [6.07, 6.45) is 1.80. The number of hydrogen-bond acceptors (Lipinski definition) is 5. The van der Waals surface area contributed by atoms with Gasteiger partial charge in [-0.1, -0.05) is 0 Å². The van der Waals surface area contributed by atoms with E-state index in [1.54, 1.807) is 18.3 Å². The Morgan fingerprint density at radius 2 is 2.15 bits per heavy atom. The van der Waals surface area contributed by atoms with Gasteiger partial charge in [0.15, 0.2) is 5.69 Å². The topological polar surface area (TPSA) is 94.7 Å². The molecule has 0 radical (unpaired) electrons. The fraction of sp³-hybridized carbons (Fsp3) is 0.368. The van der Waals surface area contributed by atoms with Crippen LogP contribution in [0.1, 0.15) is 45.6 Å². The summed E-state index contributed by atoms with van der Waals surface area (Å²) < 4.78 is 0. The van der Waals surface area contributed by atoms with Gasteiger partial charge in [-0.3, -0.25) is 14.7 Å². The normalized spacial score (nSPS) is 17.3. The molecular weight excluding hydrogens is 362 g/mol. The van der Waals surface area contributed by atoms with E-state index < -0.39 is 0 Å². The second-order valence-corrected chi connectivity index (χ2v) is 8.21. The number of carbonyl (C=O) groups is 1. The van der Waals surface area contributed by atoms with Crippen molar-refractivity contribution in [3.63, 3.8) is 0 Å². The van der Waals surface area contributed by atoms with Crippen LogP contribution >= 0.6 is 11.3 Å². The summed E-state index contributed by atoms with van der Waals surface area (Å²) in [5.74, 6) is 0.586. The van der Waals surface area contributed by atoms with Crippen molar-refractivity contribution in [2.24, 2.45) is 0 Å². The van der Waals surface area contributed by atoms with Crippen LogP contribution in [0, 0.1) is 13.8 Å². The van der Waals surface area contributed by atoms with Gasteiger partial charge < -0.3 is 9.88 Å². The Kier molecular flexibility index (Phi) is 4.65. The van der Waals surface area contributed by atoms with Crippen LogP contribution in [-0.4, -0.2) is 44.1 Å². The number of rotatable bonds is 3. The average molecular weight is 383 g/mol. The maximum atomic E-state index is 12.9. The zero-order valence-corrected chi connectivity index (χ0v) is 16.1. The molecule has 0 aromatic carbocycles. The third-order valence-electron chi connectivity index (χ3n) is 4.81. The molecule has 1 atom stereocenters. The van der Waals surface area contributed by atoms with Crippen LogP contribution in [0.3, 0.4) is 0 Å². The van der Waals surface area contributed by atoms with Crippen molar-refractivity contribution >= 4 is 17.2 Å². The van der Waals surface area contributed by atoms with Gasteiger partial charge in [0.2, 0.25) is 0 Å². The molecule has 140 valence electrons. The van der Waals surface area contributed by atoms with Gasteiger partial charge in [0.05, 0.1) is 16.3 Å². The predicted octanol–water partition coefficient (Wildman–Crippen LogP) is 2.86. The van der Waals surface area contributed by atoms with Crippen LogP contribution < -0.4 is 5.56 Å². The lowest BCUT2D eigenvalue weighted by Crippen LogP contribution is -2.39. The molecule has 0 bridgehead atoms. The molecule has 7 nitrogen and oxygen atoms in total. The monoisotopic (exact) mass is 383 g/mol. The van der Waals surface area contributed by atoms with Crippen LogP contribution in [0.15, 0.2) is 29.1 Å². The standard InChI is InChI=1S/C19H21N5O2S/c1-11-5-6-17(27-11)15-8-16(23-22-15)19(26)24-7-3-4-13(10-24)14-9-18(25)21-12(2)20-14/h5-6,8-9,13H,3-4,7,10H2,1-2H3,(H,22,23)(H,20,21,25)/t13-/m0/s1. The zero-order valence-electron chi connectivity index (χ0n) is 15.3. The molecule has 1 amide bonds. The van der Waals surface area contributed by atoms with E-state index in [2.05, 4.69) is 27.1 Å². The van der Waals surface area contributed by atoms with Gasteiger partial charge in [-0.05, 0) is 44.9 Å². The Balaban J connectivity index is 1.52. The minimum atomic E-state index is -0.149. The quantitative estimate of drug-likeness (QED) is 0.727. The highest BCUT2D eigenvalue weighted by Crippen LogP contribution is 2.28. The molecule has 1 saturated heterocycles. The fourth-order valence-corrected chi connectivity index (χ4v) is 4.35. The molecule has 1 aliphatic heterocycles. The molecule has 0 unspecified atom stereocenters. The summed E-state index contributed by atoms with van der Waals surface area (Å²) in [5.41, 5.74) is 1.89. The van der Waals surface area contributed by atoms with E-state index in [1.807, 2.05) is 23.1 Å². The second-order valence-electron chi connectivity index (χ2n) is 6.92. The zero-order chi connectivity index (χ0) is 19.0. The van der Waals surface area contributed by atoms with Crippen molar-refractivity contribution in [1.29, 1.82) is 0 Å². The van der Waals surface area contributed by atoms with E-state index in [0.717, 1.165) is 29.1 Å². The van der Waals surface area contributed by atoms with Gasteiger partial charge in [0.25, 0.3) is 11.5 Å². The maximum Gasteiger partial charge on any atom is 0.274 e. The Morgan fingerprint density at radius 3 is 2.89 bits per heavy atom. The molecule has 8 heteroatoms. The van der Waals surface area contributed by atoms with Gasteiger partial charge in [-0.2, -0.15) is 5.10 Å². The van der Waals surface area contributed by atoms with Crippen LogP contribution in [0.2, 0.25) is 0 Å². The van der Waals surface area contributed by atoms with Crippen LogP contribution in [0.5, 0.6) is 0 Å². The van der Waals surface area contributed by atoms with E-state index in [0.29, 0.717) is 24.6 Å². The molecule has 0 saturated carbocycles. The third kappa shape index (κ3) is 3.71. The Bertz CT molecular complexity index is 1030. The molecule has 2 N–H and O–H groups in total. The number of aryl methyl sites for hydroxylation is 2. The number of nitrogens with one attached hydrogen (secondary N) is 2. The van der Waals surface area contributed by atoms with Crippen molar-refractivity contribution in [2.75, 3.05) is 13.1 Å². The van der Waals surface area contributed by atoms with Gasteiger partial charge >= 0.3 is 0 Å². The minimum Gasteiger partial charge on any atom is -0.337 e. The van der Waals surface area contributed by atoms with Gasteiger partial charge in [0, 0.05) is 30.0 Å². The number of piperidine rings is 1. The first-order chi connectivity index (χ1) is 13.0. The third-order valence-corrected chi connectivity index (χ3v) is 5.84. The van der Waals surface area contributed by atoms with E-state index >= 15 is 0 Å². The van der Waals surface area contributed by atoms with Gasteiger partial charge in [0.1, 0.15) is 5.82 Å². The molecule has 3 aromatic heterocycles. The highest BCUT2D eigenvalue weighted by Gasteiger charge is 2.28. The van der Waals surface area contributed by atoms with E-state index in [-0.39, 0.29) is 17.4 Å². The fourth-order valence-electron chi connectivity index (χ4n) is 3.51. The van der Waals surface area contributed by atoms with E-state index in [1.165, 1.54) is 10.9 Å². The Hall–Kier alpha value is -2.74. The van der Waals surface area contributed by atoms with E-state index in [4.69, 9.17) is 0 Å². The summed E-state index contributed by atoms with van der Waals surface area (Å²) in [7, 11) is 0. The lowest BCUT2D eigenvalue weighted by molar-refractivity contribution is 0.0700. The summed E-state index contributed by atoms with van der Waals surface area (Å²) in [6.45, 7) is 5.07. The number of H-pyrrole nitrogens is 2. The Labute approximate surface area is 160 Å². The van der Waals surface area contributed by atoms with Crippen molar-refractivity contribution in [2.45, 2.75) is 32.6 Å². The molecule has 27 heavy (non-hydrogen) atoms. The number of carbonyl (C=O) groups excluding carboxylic acids is 1. The van der Waals surface area contributed by atoms with Crippen LogP contribution in [-0.2, 0) is 0 Å². The van der Waals surface area contributed by atoms with Gasteiger partial charge in [-0.25, -0.2) is 4.98 Å². The second kappa shape index (κ2) is 7.11.